The van der Waals surface area contributed by atoms with Gasteiger partial charge >= 0.3 is 0 Å². The van der Waals surface area contributed by atoms with Gasteiger partial charge in [0.15, 0.2) is 5.67 Å². The summed E-state index contributed by atoms with van der Waals surface area (Å²) in [5.41, 5.74) is -1.39. The molecule has 0 saturated carbocycles. The Morgan fingerprint density at radius 3 is 2.69 bits per heavy atom. The van der Waals surface area contributed by atoms with Gasteiger partial charge in [-0.3, -0.25) is 10.1 Å². The molecule has 16 heavy (non-hydrogen) atoms. The SMILES string of the molecule is CC(C)CC(=O)Nc1cc(C(C)(C)F)no1. The van der Waals surface area contributed by atoms with E-state index in [4.69, 9.17) is 4.52 Å². The summed E-state index contributed by atoms with van der Waals surface area (Å²) in [5, 5.41) is 6.09. The van der Waals surface area contributed by atoms with E-state index in [1.807, 2.05) is 13.8 Å². The number of carbonyl (C=O) groups is 1. The van der Waals surface area contributed by atoms with Crippen LogP contribution >= 0.6 is 0 Å². The molecule has 0 atom stereocenters. The Labute approximate surface area is 94.2 Å². The van der Waals surface area contributed by atoms with Crippen molar-refractivity contribution in [2.45, 2.75) is 39.8 Å². The molecule has 4 nitrogen and oxygen atoms in total. The van der Waals surface area contributed by atoms with Crippen LogP contribution in [0.15, 0.2) is 10.6 Å². The Bertz CT molecular complexity index is 366. The molecule has 0 bridgehead atoms. The number of nitrogens with zero attached hydrogens (tertiary/aromatic N) is 1. The third kappa shape index (κ3) is 3.64. The van der Waals surface area contributed by atoms with Crippen molar-refractivity contribution in [3.63, 3.8) is 0 Å². The maximum atomic E-state index is 13.4. The van der Waals surface area contributed by atoms with Crippen molar-refractivity contribution in [3.05, 3.63) is 11.8 Å². The normalized spacial score (nSPS) is 11.9. The van der Waals surface area contributed by atoms with E-state index in [9.17, 15) is 9.18 Å². The lowest BCUT2D eigenvalue weighted by atomic mass is 10.1. The quantitative estimate of drug-likeness (QED) is 0.862. The number of nitrogens with one attached hydrogen (secondary N) is 1. The molecule has 0 aliphatic heterocycles. The summed E-state index contributed by atoms with van der Waals surface area (Å²) >= 11 is 0. The summed E-state index contributed by atoms with van der Waals surface area (Å²) in [6.45, 7) is 6.64. The second kappa shape index (κ2) is 4.63. The van der Waals surface area contributed by atoms with E-state index in [2.05, 4.69) is 10.5 Å². The van der Waals surface area contributed by atoms with Crippen LogP contribution in [0.2, 0.25) is 0 Å². The second-order valence-corrected chi connectivity index (χ2v) is 4.70. The van der Waals surface area contributed by atoms with Crippen molar-refractivity contribution < 1.29 is 13.7 Å². The van der Waals surface area contributed by atoms with Crippen LogP contribution in [-0.4, -0.2) is 11.1 Å². The molecule has 1 heterocycles. The molecule has 0 aliphatic carbocycles. The Kier molecular flexibility index (Phi) is 3.67. The van der Waals surface area contributed by atoms with Gasteiger partial charge in [0.05, 0.1) is 0 Å². The molecule has 0 spiro atoms. The summed E-state index contributed by atoms with van der Waals surface area (Å²) in [6.07, 6.45) is 0.398. The smallest absolute Gasteiger partial charge is 0.231 e. The van der Waals surface area contributed by atoms with Gasteiger partial charge in [0, 0.05) is 12.5 Å². The van der Waals surface area contributed by atoms with E-state index in [1.54, 1.807) is 0 Å². The van der Waals surface area contributed by atoms with Gasteiger partial charge in [0.2, 0.25) is 11.8 Å². The van der Waals surface area contributed by atoms with E-state index < -0.39 is 5.67 Å². The number of amides is 1. The molecule has 1 aromatic heterocycles. The fraction of sp³-hybridized carbons (Fsp3) is 0.636. The van der Waals surface area contributed by atoms with Crippen LogP contribution in [0, 0.1) is 5.92 Å². The van der Waals surface area contributed by atoms with E-state index >= 15 is 0 Å². The first-order valence-electron chi connectivity index (χ1n) is 5.25. The number of aromatic nitrogens is 1. The van der Waals surface area contributed by atoms with Crippen LogP contribution in [0.3, 0.4) is 0 Å². The summed E-state index contributed by atoms with van der Waals surface area (Å²) < 4.78 is 18.3. The van der Waals surface area contributed by atoms with Crippen LogP contribution in [0.5, 0.6) is 0 Å². The molecule has 0 aliphatic rings. The largest absolute Gasteiger partial charge is 0.338 e. The molecule has 1 N–H and O–H groups in total. The van der Waals surface area contributed by atoms with Crippen LogP contribution in [-0.2, 0) is 10.5 Å². The van der Waals surface area contributed by atoms with Gasteiger partial charge in [-0.2, -0.15) is 0 Å². The summed E-state index contributed by atoms with van der Waals surface area (Å²) in [7, 11) is 0. The van der Waals surface area contributed by atoms with E-state index in [0.29, 0.717) is 6.42 Å². The number of halogens is 1. The van der Waals surface area contributed by atoms with Crippen molar-refractivity contribution in [1.82, 2.24) is 5.16 Å². The maximum absolute atomic E-state index is 13.4. The van der Waals surface area contributed by atoms with Crippen LogP contribution in [0.1, 0.15) is 39.8 Å². The van der Waals surface area contributed by atoms with Crippen molar-refractivity contribution in [3.8, 4) is 0 Å². The number of anilines is 1. The summed E-state index contributed by atoms with van der Waals surface area (Å²) in [4.78, 5) is 11.4. The first-order chi connectivity index (χ1) is 7.29. The highest BCUT2D eigenvalue weighted by atomic mass is 19.1. The Balaban J connectivity index is 2.62. The molecule has 0 aromatic carbocycles. The molecular weight excluding hydrogens is 211 g/mol. The minimum atomic E-state index is -1.56. The number of rotatable bonds is 4. The van der Waals surface area contributed by atoms with Gasteiger partial charge in [-0.05, 0) is 19.8 Å². The third-order valence-corrected chi connectivity index (χ3v) is 1.98. The Hall–Kier alpha value is -1.39. The molecular formula is C11H17FN2O2. The summed E-state index contributed by atoms with van der Waals surface area (Å²) in [5.74, 6) is 0.292. The van der Waals surface area contributed by atoms with E-state index in [-0.39, 0.29) is 23.4 Å². The highest BCUT2D eigenvalue weighted by Crippen LogP contribution is 2.25. The second-order valence-electron chi connectivity index (χ2n) is 4.70. The minimum absolute atomic E-state index is 0.158. The first kappa shape index (κ1) is 12.7. The number of alkyl halides is 1. The van der Waals surface area contributed by atoms with Crippen molar-refractivity contribution in [2.24, 2.45) is 5.92 Å². The lowest BCUT2D eigenvalue weighted by molar-refractivity contribution is -0.117. The Morgan fingerprint density at radius 1 is 1.62 bits per heavy atom. The number of hydrogen-bond acceptors (Lipinski definition) is 3. The molecule has 0 saturated heterocycles. The fourth-order valence-corrected chi connectivity index (χ4v) is 1.17. The standard InChI is InChI=1S/C11H17FN2O2/c1-7(2)5-9(15)13-10-6-8(14-16-10)11(3,4)12/h6-7H,5H2,1-4H3,(H,13,15). The van der Waals surface area contributed by atoms with E-state index in [0.717, 1.165) is 0 Å². The first-order valence-corrected chi connectivity index (χ1v) is 5.25. The monoisotopic (exact) mass is 228 g/mol. The molecule has 90 valence electrons. The number of carbonyl (C=O) groups excluding carboxylic acids is 1. The lowest BCUT2D eigenvalue weighted by Crippen LogP contribution is -2.13. The predicted octanol–water partition coefficient (Wildman–Crippen LogP) is 2.86. The zero-order valence-corrected chi connectivity index (χ0v) is 10.0. The average molecular weight is 228 g/mol. The van der Waals surface area contributed by atoms with Gasteiger partial charge in [-0.1, -0.05) is 19.0 Å². The van der Waals surface area contributed by atoms with Gasteiger partial charge < -0.3 is 4.52 Å². The highest BCUT2D eigenvalue weighted by Gasteiger charge is 2.24. The van der Waals surface area contributed by atoms with Gasteiger partial charge in [-0.25, -0.2) is 4.39 Å². The van der Waals surface area contributed by atoms with Crippen molar-refractivity contribution >= 4 is 11.8 Å². The maximum Gasteiger partial charge on any atom is 0.231 e. The molecule has 5 heteroatoms. The van der Waals surface area contributed by atoms with Crippen LogP contribution < -0.4 is 5.32 Å². The van der Waals surface area contributed by atoms with Gasteiger partial charge in [-0.15, -0.1) is 0 Å². The number of hydrogen-bond donors (Lipinski definition) is 1. The van der Waals surface area contributed by atoms with Gasteiger partial charge in [0.1, 0.15) is 5.69 Å². The predicted molar refractivity (Wildman–Crippen MR) is 58.7 cm³/mol. The topological polar surface area (TPSA) is 55.1 Å². The molecule has 0 fully saturated rings. The lowest BCUT2D eigenvalue weighted by Gasteiger charge is -2.07. The van der Waals surface area contributed by atoms with Crippen molar-refractivity contribution in [1.29, 1.82) is 0 Å². The van der Waals surface area contributed by atoms with Crippen LogP contribution in [0.25, 0.3) is 0 Å². The minimum Gasteiger partial charge on any atom is -0.338 e. The van der Waals surface area contributed by atoms with Gasteiger partial charge in [0.25, 0.3) is 0 Å². The molecule has 0 radical (unpaired) electrons. The van der Waals surface area contributed by atoms with Crippen LogP contribution in [0.4, 0.5) is 10.3 Å². The van der Waals surface area contributed by atoms with E-state index in [1.165, 1.54) is 19.9 Å². The average Bonchev–Trinajstić information content (AvgIpc) is 2.49. The fourth-order valence-electron chi connectivity index (χ4n) is 1.17. The molecule has 1 rings (SSSR count). The molecule has 1 aromatic rings. The molecule has 1 amide bonds. The van der Waals surface area contributed by atoms with Crippen molar-refractivity contribution in [2.75, 3.05) is 5.32 Å². The highest BCUT2D eigenvalue weighted by molar-refractivity contribution is 5.89. The zero-order chi connectivity index (χ0) is 12.3. The zero-order valence-electron chi connectivity index (χ0n) is 10.0. The molecule has 0 unspecified atom stereocenters. The summed E-state index contributed by atoms with van der Waals surface area (Å²) in [6, 6.07) is 1.40. The Morgan fingerprint density at radius 2 is 2.25 bits per heavy atom. The third-order valence-electron chi connectivity index (χ3n) is 1.98.